The maximum absolute atomic E-state index is 12.5. The summed E-state index contributed by atoms with van der Waals surface area (Å²) in [5, 5.41) is 0. The molecular weight excluding hydrogens is 386 g/mol. The zero-order valence-corrected chi connectivity index (χ0v) is 17.2. The van der Waals surface area contributed by atoms with Gasteiger partial charge in [0.15, 0.2) is 6.10 Å². The van der Waals surface area contributed by atoms with E-state index in [0.717, 1.165) is 31.0 Å². The van der Waals surface area contributed by atoms with E-state index < -0.39 is 12.0 Å². The van der Waals surface area contributed by atoms with Crippen LogP contribution in [0.5, 0.6) is 11.5 Å². The van der Waals surface area contributed by atoms with Gasteiger partial charge in [0.05, 0.1) is 18.7 Å². The minimum atomic E-state index is -0.773. The van der Waals surface area contributed by atoms with Crippen molar-refractivity contribution in [1.82, 2.24) is 20.8 Å². The molecule has 2 aromatic rings. The fourth-order valence-electron chi connectivity index (χ4n) is 3.22. The van der Waals surface area contributed by atoms with E-state index in [0.29, 0.717) is 18.9 Å². The molecule has 1 aromatic heterocycles. The number of hydrogen-bond donors (Lipinski definition) is 2. The quantitative estimate of drug-likeness (QED) is 0.666. The zero-order chi connectivity index (χ0) is 21.3. The molecule has 2 N–H and O–H groups in total. The van der Waals surface area contributed by atoms with Gasteiger partial charge >= 0.3 is 0 Å². The molecule has 1 fully saturated rings. The number of carbonyl (C=O) groups excluding carboxylic acids is 2. The van der Waals surface area contributed by atoms with Gasteiger partial charge in [-0.25, -0.2) is 4.98 Å². The summed E-state index contributed by atoms with van der Waals surface area (Å²) < 4.78 is 11.0. The van der Waals surface area contributed by atoms with E-state index in [-0.39, 0.29) is 11.8 Å². The number of nitrogens with zero attached hydrogens (tertiary/aromatic N) is 3. The van der Waals surface area contributed by atoms with E-state index in [9.17, 15) is 9.59 Å². The molecule has 160 valence electrons. The molecule has 1 aromatic carbocycles. The Morgan fingerprint density at radius 3 is 2.67 bits per heavy atom. The van der Waals surface area contributed by atoms with Crippen molar-refractivity contribution >= 4 is 17.6 Å². The summed E-state index contributed by atoms with van der Waals surface area (Å²) in [6, 6.07) is 7.02. The SMILES string of the molecule is CCOc1ccc(OC(C)C(=O)NNC(=O)C2CCCN(c3cnccn3)C2)cc1. The average Bonchev–Trinajstić information content (AvgIpc) is 2.79. The van der Waals surface area contributed by atoms with Gasteiger partial charge in [0.2, 0.25) is 5.91 Å². The van der Waals surface area contributed by atoms with Gasteiger partial charge in [0.1, 0.15) is 17.3 Å². The number of aromatic nitrogens is 2. The molecule has 0 saturated carbocycles. The molecule has 0 bridgehead atoms. The van der Waals surface area contributed by atoms with Gasteiger partial charge in [-0.1, -0.05) is 0 Å². The molecule has 9 heteroatoms. The molecular formula is C21H27N5O4. The Balaban J connectivity index is 1.45. The van der Waals surface area contributed by atoms with Gasteiger partial charge in [0.25, 0.3) is 5.91 Å². The maximum Gasteiger partial charge on any atom is 0.279 e. The second kappa shape index (κ2) is 10.4. The summed E-state index contributed by atoms with van der Waals surface area (Å²) in [4.78, 5) is 35.2. The molecule has 1 aliphatic heterocycles. The van der Waals surface area contributed by atoms with E-state index in [4.69, 9.17) is 9.47 Å². The molecule has 9 nitrogen and oxygen atoms in total. The van der Waals surface area contributed by atoms with Crippen LogP contribution < -0.4 is 25.2 Å². The van der Waals surface area contributed by atoms with Crippen LogP contribution >= 0.6 is 0 Å². The number of nitrogens with one attached hydrogen (secondary N) is 2. The first-order valence-corrected chi connectivity index (χ1v) is 10.1. The molecule has 0 aliphatic carbocycles. The Morgan fingerprint density at radius 2 is 1.97 bits per heavy atom. The molecule has 2 atom stereocenters. The summed E-state index contributed by atoms with van der Waals surface area (Å²) in [7, 11) is 0. The van der Waals surface area contributed by atoms with E-state index in [1.807, 2.05) is 11.8 Å². The van der Waals surface area contributed by atoms with Crippen LogP contribution in [0.25, 0.3) is 0 Å². The van der Waals surface area contributed by atoms with Gasteiger partial charge in [-0.2, -0.15) is 0 Å². The van der Waals surface area contributed by atoms with Crippen molar-refractivity contribution in [2.75, 3.05) is 24.6 Å². The van der Waals surface area contributed by atoms with E-state index in [1.54, 1.807) is 49.8 Å². The molecule has 30 heavy (non-hydrogen) atoms. The number of benzene rings is 1. The minimum Gasteiger partial charge on any atom is -0.494 e. The second-order valence-electron chi connectivity index (χ2n) is 6.99. The normalized spacial score (nSPS) is 17.0. The molecule has 2 amide bonds. The Labute approximate surface area is 175 Å². The summed E-state index contributed by atoms with van der Waals surface area (Å²) in [6.07, 6.45) is 5.76. The lowest BCUT2D eigenvalue weighted by atomic mass is 9.97. The van der Waals surface area contributed by atoms with Crippen molar-refractivity contribution < 1.29 is 19.1 Å². The highest BCUT2D eigenvalue weighted by Crippen LogP contribution is 2.21. The van der Waals surface area contributed by atoms with Crippen LogP contribution in [-0.4, -0.2) is 47.6 Å². The minimum absolute atomic E-state index is 0.231. The van der Waals surface area contributed by atoms with Crippen LogP contribution in [0.1, 0.15) is 26.7 Å². The molecule has 2 unspecified atom stereocenters. The van der Waals surface area contributed by atoms with E-state index in [2.05, 4.69) is 20.8 Å². The molecule has 3 rings (SSSR count). The highest BCUT2D eigenvalue weighted by molar-refractivity contribution is 5.85. The van der Waals surface area contributed by atoms with Crippen LogP contribution in [0.15, 0.2) is 42.9 Å². The highest BCUT2D eigenvalue weighted by Gasteiger charge is 2.27. The first-order valence-electron chi connectivity index (χ1n) is 10.1. The zero-order valence-electron chi connectivity index (χ0n) is 17.2. The number of amides is 2. The monoisotopic (exact) mass is 413 g/mol. The average molecular weight is 413 g/mol. The number of anilines is 1. The van der Waals surface area contributed by atoms with Gasteiger partial charge in [-0.15, -0.1) is 0 Å². The topological polar surface area (TPSA) is 106 Å². The van der Waals surface area contributed by atoms with Gasteiger partial charge < -0.3 is 14.4 Å². The summed E-state index contributed by atoms with van der Waals surface area (Å²) in [6.45, 7) is 5.46. The molecule has 1 aliphatic rings. The van der Waals surface area contributed by atoms with Gasteiger partial charge in [0, 0.05) is 25.5 Å². The van der Waals surface area contributed by atoms with Crippen molar-refractivity contribution in [1.29, 1.82) is 0 Å². The largest absolute Gasteiger partial charge is 0.494 e. The molecule has 1 saturated heterocycles. The van der Waals surface area contributed by atoms with Crippen LogP contribution in [0.2, 0.25) is 0 Å². The van der Waals surface area contributed by atoms with Crippen molar-refractivity contribution in [3.8, 4) is 11.5 Å². The fourth-order valence-corrected chi connectivity index (χ4v) is 3.22. The Bertz CT molecular complexity index is 831. The third-order valence-corrected chi connectivity index (χ3v) is 4.79. The molecule has 2 heterocycles. The van der Waals surface area contributed by atoms with Crippen LogP contribution in [0.3, 0.4) is 0 Å². The van der Waals surface area contributed by atoms with Gasteiger partial charge in [-0.3, -0.25) is 25.4 Å². The third kappa shape index (κ3) is 5.82. The number of piperidine rings is 1. The smallest absolute Gasteiger partial charge is 0.279 e. The molecule has 0 spiro atoms. The Hall–Kier alpha value is -3.36. The number of rotatable bonds is 7. The lowest BCUT2D eigenvalue weighted by molar-refractivity contribution is -0.134. The highest BCUT2D eigenvalue weighted by atomic mass is 16.5. The lowest BCUT2D eigenvalue weighted by Crippen LogP contribution is -2.51. The Morgan fingerprint density at radius 1 is 1.20 bits per heavy atom. The second-order valence-corrected chi connectivity index (χ2v) is 6.99. The number of hydrogen-bond acceptors (Lipinski definition) is 7. The molecule has 0 radical (unpaired) electrons. The lowest BCUT2D eigenvalue weighted by Gasteiger charge is -2.32. The van der Waals surface area contributed by atoms with Gasteiger partial charge in [-0.05, 0) is 51.0 Å². The standard InChI is InChI=1S/C21H27N5O4/c1-3-29-17-6-8-18(9-7-17)30-15(2)20(27)24-25-21(28)16-5-4-12-26(14-16)19-13-22-10-11-23-19/h6-11,13,15-16H,3-5,12,14H2,1-2H3,(H,24,27)(H,25,28). The summed E-state index contributed by atoms with van der Waals surface area (Å²) in [5.41, 5.74) is 4.97. The van der Waals surface area contributed by atoms with E-state index >= 15 is 0 Å². The first-order chi connectivity index (χ1) is 14.6. The van der Waals surface area contributed by atoms with Crippen molar-refractivity contribution in [3.63, 3.8) is 0 Å². The van der Waals surface area contributed by atoms with Crippen molar-refractivity contribution in [3.05, 3.63) is 42.9 Å². The Kier molecular flexibility index (Phi) is 7.42. The van der Waals surface area contributed by atoms with Crippen molar-refractivity contribution in [2.24, 2.45) is 5.92 Å². The fraction of sp³-hybridized carbons (Fsp3) is 0.429. The predicted molar refractivity (Wildman–Crippen MR) is 111 cm³/mol. The van der Waals surface area contributed by atoms with Crippen LogP contribution in [-0.2, 0) is 9.59 Å². The number of hydrazine groups is 1. The summed E-state index contributed by atoms with van der Waals surface area (Å²) in [5.74, 6) is 1.11. The maximum atomic E-state index is 12.5. The van der Waals surface area contributed by atoms with Crippen LogP contribution in [0, 0.1) is 5.92 Å². The number of ether oxygens (including phenoxy) is 2. The first kappa shape index (κ1) is 21.4. The predicted octanol–water partition coefficient (Wildman–Crippen LogP) is 1.71. The number of carbonyl (C=O) groups is 2. The van der Waals surface area contributed by atoms with Crippen molar-refractivity contribution in [2.45, 2.75) is 32.8 Å². The van der Waals surface area contributed by atoms with E-state index in [1.165, 1.54) is 0 Å². The third-order valence-electron chi connectivity index (χ3n) is 4.79. The van der Waals surface area contributed by atoms with Crippen LogP contribution in [0.4, 0.5) is 5.82 Å². The summed E-state index contributed by atoms with van der Waals surface area (Å²) >= 11 is 0.